The number of aromatic nitrogens is 3. The van der Waals surface area contributed by atoms with Crippen LogP contribution >= 0.6 is 0 Å². The Bertz CT molecular complexity index is 4510. The fourth-order valence-corrected chi connectivity index (χ4v) is 11.2. The Balaban J connectivity index is 1.13. The van der Waals surface area contributed by atoms with E-state index in [-0.39, 0.29) is 17.6 Å². The maximum atomic E-state index is 9.94. The summed E-state index contributed by atoms with van der Waals surface area (Å²) in [7, 11) is 0. The van der Waals surface area contributed by atoms with Crippen molar-refractivity contribution in [3.05, 3.63) is 204 Å². The van der Waals surface area contributed by atoms with Crippen LogP contribution in [0.1, 0.15) is 118 Å². The van der Waals surface area contributed by atoms with Gasteiger partial charge in [0.1, 0.15) is 24.0 Å². The molecule has 0 spiro atoms. The fourth-order valence-electron chi connectivity index (χ4n) is 11.2. The van der Waals surface area contributed by atoms with Gasteiger partial charge in [0.2, 0.25) is 0 Å². The van der Waals surface area contributed by atoms with Crippen molar-refractivity contribution in [3.8, 4) is 28.4 Å². The van der Waals surface area contributed by atoms with Crippen LogP contribution in [0.4, 0.5) is 11.4 Å². The van der Waals surface area contributed by atoms with Gasteiger partial charge in [-0.2, -0.15) is 0 Å². The highest BCUT2D eigenvalue weighted by Gasteiger charge is 2.29. The van der Waals surface area contributed by atoms with E-state index in [1.807, 2.05) is 93.7 Å². The van der Waals surface area contributed by atoms with Crippen LogP contribution in [0.3, 0.4) is 0 Å². The normalized spacial score (nSPS) is 15.8. The Morgan fingerprint density at radius 2 is 1.09 bits per heavy atom. The standard InChI is InChI=1S/C69H66N4O/c1-43(2)51-32-33-59-55-25-15-13-23-53(55)52-22-12-14-24-54(52)58-27-19-29-61-65(58)72(66(59)64(51)44-36-46(68(6,7)8)38-47(37-44)69(9,10)11)42-71(61)48-20-18-21-49(40-48)74-50-30-31-57-56-26-16-17-28-60(56)73(62(57)41-50)63-39-45(34-35-70-63)67(3,4)5/h12-41,43H,42H2,1-11H3/i6D3,7D3,8D3,43D. The first-order chi connectivity index (χ1) is 39.5. The van der Waals surface area contributed by atoms with Crippen molar-refractivity contribution in [2.75, 3.05) is 4.90 Å². The maximum Gasteiger partial charge on any atom is 0.137 e. The number of benzene rings is 8. The van der Waals surface area contributed by atoms with Crippen LogP contribution in [-0.2, 0) is 22.9 Å². The van der Waals surface area contributed by atoms with Crippen molar-refractivity contribution in [1.82, 2.24) is 14.1 Å². The second-order valence-corrected chi connectivity index (χ2v) is 22.2. The Hall–Kier alpha value is -7.89. The Morgan fingerprint density at radius 1 is 0.514 bits per heavy atom. The quantitative estimate of drug-likeness (QED) is 0.167. The molecule has 12 rings (SSSR count). The molecule has 74 heavy (non-hydrogen) atoms. The molecule has 5 heteroatoms. The largest absolute Gasteiger partial charge is 0.457 e. The van der Waals surface area contributed by atoms with Gasteiger partial charge >= 0.3 is 0 Å². The second kappa shape index (κ2) is 17.4. The smallest absolute Gasteiger partial charge is 0.137 e. The van der Waals surface area contributed by atoms with Crippen molar-refractivity contribution >= 4 is 76.5 Å². The SMILES string of the molecule is [2H]C(C)(C)c1ccc2c3ccccc3c3ccccc3c3cccc4c3n(c2c1-c1cc(C(C)(C)C)cc(C(C([2H])([2H])[2H])(C([2H])([2H])[2H])C([2H])([2H])[2H])c1)CN4c1cccc(Oc2ccc3c4ccccc4n(-c4cc(C(C)(C)C)ccn4)c3c2)c1. The molecule has 0 saturated heterocycles. The lowest BCUT2D eigenvalue weighted by Gasteiger charge is -2.28. The molecule has 0 atom stereocenters. The van der Waals surface area contributed by atoms with Crippen molar-refractivity contribution in [3.63, 3.8) is 0 Å². The van der Waals surface area contributed by atoms with E-state index in [4.69, 9.17) is 22.1 Å². The van der Waals surface area contributed by atoms with E-state index in [1.54, 1.807) is 13.8 Å². The van der Waals surface area contributed by atoms with Crippen LogP contribution in [0, 0.1) is 0 Å². The van der Waals surface area contributed by atoms with Crippen LogP contribution in [0.5, 0.6) is 11.5 Å². The van der Waals surface area contributed by atoms with E-state index >= 15 is 0 Å². The van der Waals surface area contributed by atoms with Gasteiger partial charge in [-0.15, -0.1) is 0 Å². The molecule has 3 aromatic heterocycles. The first-order valence-corrected chi connectivity index (χ1v) is 25.5. The van der Waals surface area contributed by atoms with E-state index in [9.17, 15) is 1.37 Å². The monoisotopic (exact) mass is 977 g/mol. The Morgan fingerprint density at radius 3 is 1.77 bits per heavy atom. The van der Waals surface area contributed by atoms with Crippen molar-refractivity contribution in [2.24, 2.45) is 0 Å². The van der Waals surface area contributed by atoms with E-state index in [1.165, 1.54) is 17.7 Å². The lowest BCUT2D eigenvalue weighted by Crippen LogP contribution is -2.17. The van der Waals surface area contributed by atoms with Crippen LogP contribution < -0.4 is 9.64 Å². The molecule has 5 nitrogen and oxygen atoms in total. The van der Waals surface area contributed by atoms with Gasteiger partial charge in [0.25, 0.3) is 0 Å². The van der Waals surface area contributed by atoms with E-state index in [2.05, 4.69) is 132 Å². The number of hydrogen-bond acceptors (Lipinski definition) is 3. The molecule has 368 valence electrons. The number of para-hydroxylation sites is 2. The average molecular weight is 977 g/mol. The summed E-state index contributed by atoms with van der Waals surface area (Å²) in [5, 5.41) is 7.75. The molecule has 1 aliphatic heterocycles. The molecule has 0 bridgehead atoms. The van der Waals surface area contributed by atoms with Crippen molar-refractivity contribution < 1.29 is 18.4 Å². The predicted molar refractivity (Wildman–Crippen MR) is 315 cm³/mol. The molecule has 0 unspecified atom stereocenters. The first-order valence-electron chi connectivity index (χ1n) is 30.5. The molecule has 0 amide bonds. The Kier molecular flexibility index (Phi) is 8.67. The second-order valence-electron chi connectivity index (χ2n) is 22.2. The molecular weight excluding hydrogens is 901 g/mol. The number of fused-ring (bicyclic) bond motifs is 10. The van der Waals surface area contributed by atoms with Crippen LogP contribution in [-0.4, -0.2) is 14.1 Å². The van der Waals surface area contributed by atoms with Crippen LogP contribution in [0.25, 0.3) is 82.1 Å². The molecule has 0 radical (unpaired) electrons. The van der Waals surface area contributed by atoms with E-state index in [0.717, 1.165) is 76.8 Å². The highest BCUT2D eigenvalue weighted by atomic mass is 16.5. The summed E-state index contributed by atoms with van der Waals surface area (Å²) >= 11 is 0. The van der Waals surface area contributed by atoms with Gasteiger partial charge in [0, 0.05) is 64.8 Å². The van der Waals surface area contributed by atoms with Gasteiger partial charge in [-0.05, 0) is 120 Å². The third kappa shape index (κ3) is 7.96. The summed E-state index contributed by atoms with van der Waals surface area (Å²) in [6, 6.07) is 58.5. The number of hydrogen-bond donors (Lipinski definition) is 0. The zero-order chi connectivity index (χ0) is 59.8. The predicted octanol–water partition coefficient (Wildman–Crippen LogP) is 19.3. The summed E-state index contributed by atoms with van der Waals surface area (Å²) in [5.74, 6) is 0.747. The minimum Gasteiger partial charge on any atom is -0.457 e. The third-order valence-electron chi connectivity index (χ3n) is 14.9. The lowest BCUT2D eigenvalue weighted by atomic mass is 9.78. The first kappa shape index (κ1) is 36.9. The minimum atomic E-state index is -3.52. The van der Waals surface area contributed by atoms with Gasteiger partial charge in [-0.1, -0.05) is 191 Å². The molecule has 0 saturated carbocycles. The third-order valence-corrected chi connectivity index (χ3v) is 14.9. The van der Waals surface area contributed by atoms with Gasteiger partial charge in [-0.25, -0.2) is 4.98 Å². The fraction of sp³-hybridized carbons (Fsp3) is 0.232. The highest BCUT2D eigenvalue weighted by Crippen LogP contribution is 2.48. The molecule has 0 N–H and O–H groups in total. The average Bonchev–Trinajstić information content (AvgIpc) is 1.01. The zero-order valence-electron chi connectivity index (χ0n) is 53.2. The summed E-state index contributed by atoms with van der Waals surface area (Å²) in [6.07, 6.45) is 1.87. The number of nitrogens with zero attached hydrogens (tertiary/aromatic N) is 4. The molecule has 8 aromatic carbocycles. The summed E-state index contributed by atoms with van der Waals surface area (Å²) in [4.78, 5) is 7.13. The summed E-state index contributed by atoms with van der Waals surface area (Å²) in [6.45, 7) is 5.66. The molecule has 4 heterocycles. The number of ether oxygens (including phenoxy) is 1. The molecule has 0 aliphatic carbocycles. The molecule has 0 fully saturated rings. The molecular formula is C69H66N4O. The lowest BCUT2D eigenvalue weighted by molar-refractivity contribution is 0.483. The maximum absolute atomic E-state index is 9.94. The highest BCUT2D eigenvalue weighted by molar-refractivity contribution is 6.22. The van der Waals surface area contributed by atoms with Gasteiger partial charge in [-0.3, -0.25) is 4.57 Å². The molecule has 11 aromatic rings. The number of rotatable bonds is 6. The summed E-state index contributed by atoms with van der Waals surface area (Å²) < 4.78 is 101. The Labute approximate surface area is 450 Å². The number of pyridine rings is 1. The van der Waals surface area contributed by atoms with Gasteiger partial charge in [0.15, 0.2) is 0 Å². The van der Waals surface area contributed by atoms with Crippen LogP contribution in [0.2, 0.25) is 0 Å². The molecule has 1 aliphatic rings. The topological polar surface area (TPSA) is 35.2 Å². The van der Waals surface area contributed by atoms with E-state index < -0.39 is 37.3 Å². The minimum absolute atomic E-state index is 0.0896. The van der Waals surface area contributed by atoms with Gasteiger partial charge < -0.3 is 14.2 Å². The zero-order valence-corrected chi connectivity index (χ0v) is 43.2. The number of anilines is 2. The van der Waals surface area contributed by atoms with Gasteiger partial charge in [0.05, 0.1) is 27.8 Å². The van der Waals surface area contributed by atoms with E-state index in [0.29, 0.717) is 39.3 Å². The summed E-state index contributed by atoms with van der Waals surface area (Å²) in [5.41, 5.74) is 3.97. The van der Waals surface area contributed by atoms with Crippen molar-refractivity contribution in [2.45, 2.75) is 105 Å². The van der Waals surface area contributed by atoms with Crippen molar-refractivity contribution in [1.29, 1.82) is 0 Å². The van der Waals surface area contributed by atoms with Crippen LogP contribution in [0.15, 0.2) is 182 Å².